The highest BCUT2D eigenvalue weighted by molar-refractivity contribution is 8.09. The zero-order valence-electron chi connectivity index (χ0n) is 19.5. The number of carbonyl (C=O) groups is 1. The topological polar surface area (TPSA) is 151 Å². The zero-order chi connectivity index (χ0) is 26.1. The third kappa shape index (κ3) is 6.39. The van der Waals surface area contributed by atoms with Gasteiger partial charge in [-0.2, -0.15) is 8.81 Å². The van der Waals surface area contributed by atoms with E-state index in [9.17, 15) is 30.4 Å². The van der Waals surface area contributed by atoms with Gasteiger partial charge in [0.2, 0.25) is 20.0 Å². The van der Waals surface area contributed by atoms with Crippen LogP contribution in [0, 0.1) is 11.6 Å². The van der Waals surface area contributed by atoms with Crippen molar-refractivity contribution in [3.05, 3.63) is 35.5 Å². The predicted molar refractivity (Wildman–Crippen MR) is 126 cm³/mol. The first-order valence-electron chi connectivity index (χ1n) is 10.6. The number of nitrogens with zero attached hydrogens (tertiary/aromatic N) is 2. The summed E-state index contributed by atoms with van der Waals surface area (Å²) in [5.41, 5.74) is -0.621. The van der Waals surface area contributed by atoms with Crippen molar-refractivity contribution in [3.63, 3.8) is 0 Å². The molecule has 0 unspecified atom stereocenters. The van der Waals surface area contributed by atoms with Gasteiger partial charge in [0.1, 0.15) is 11.8 Å². The van der Waals surface area contributed by atoms with Crippen LogP contribution in [0.25, 0.3) is 0 Å². The summed E-state index contributed by atoms with van der Waals surface area (Å²) in [5.74, 6) is -2.96. The fraction of sp³-hybridized carbons (Fsp3) is 0.500. The molecule has 194 valence electrons. The van der Waals surface area contributed by atoms with Gasteiger partial charge in [-0.15, -0.1) is 0 Å². The number of aromatic nitrogens is 2. The summed E-state index contributed by atoms with van der Waals surface area (Å²) in [7, 11) is -8.89. The van der Waals surface area contributed by atoms with E-state index in [1.54, 1.807) is 6.07 Å². The van der Waals surface area contributed by atoms with Gasteiger partial charge in [-0.25, -0.2) is 30.4 Å². The molecule has 1 aromatic heterocycles. The Balaban J connectivity index is 1.73. The van der Waals surface area contributed by atoms with Gasteiger partial charge in [0.05, 0.1) is 18.2 Å². The number of nitrogens with one attached hydrogen (secondary N) is 3. The van der Waals surface area contributed by atoms with Crippen LogP contribution in [0.15, 0.2) is 18.2 Å². The van der Waals surface area contributed by atoms with Crippen LogP contribution in [-0.2, 0) is 24.8 Å². The first-order valence-corrected chi connectivity index (χ1v) is 14.3. The Bertz CT molecular complexity index is 1280. The Morgan fingerprint density at radius 1 is 1.14 bits per heavy atom. The summed E-state index contributed by atoms with van der Waals surface area (Å²) in [6.45, 7) is 3.65. The molecule has 1 aliphatic rings. The van der Waals surface area contributed by atoms with Gasteiger partial charge in [-0.1, -0.05) is 0 Å². The summed E-state index contributed by atoms with van der Waals surface area (Å²) in [6.07, 6.45) is 2.35. The van der Waals surface area contributed by atoms with Crippen LogP contribution in [0.4, 0.5) is 30.8 Å². The van der Waals surface area contributed by atoms with Crippen LogP contribution in [0.5, 0.6) is 0 Å². The van der Waals surface area contributed by atoms with Crippen LogP contribution >= 0.6 is 0 Å². The van der Waals surface area contributed by atoms with Crippen LogP contribution in [0.3, 0.4) is 0 Å². The Morgan fingerprint density at radius 3 is 2.40 bits per heavy atom. The summed E-state index contributed by atoms with van der Waals surface area (Å²) in [5, 5.41) is 12.1. The van der Waals surface area contributed by atoms with E-state index in [4.69, 9.17) is 4.74 Å². The number of aromatic amines is 1. The van der Waals surface area contributed by atoms with Crippen LogP contribution in [-0.4, -0.2) is 57.8 Å². The largest absolute Gasteiger partial charge is 0.446 e. The van der Waals surface area contributed by atoms with Crippen molar-refractivity contribution in [2.75, 3.05) is 21.5 Å². The molecular formula is C20H27F2N5O6S2. The second kappa shape index (κ2) is 9.97. The molecule has 1 aliphatic carbocycles. The highest BCUT2D eigenvalue weighted by atomic mass is 32.3. The fourth-order valence-electron chi connectivity index (χ4n) is 3.88. The maximum atomic E-state index is 14.7. The Kier molecular flexibility index (Phi) is 7.59. The lowest BCUT2D eigenvalue weighted by Gasteiger charge is -2.21. The molecule has 1 amide bonds. The zero-order valence-corrected chi connectivity index (χ0v) is 21.1. The third-order valence-electron chi connectivity index (χ3n) is 5.23. The maximum absolute atomic E-state index is 14.7. The quantitative estimate of drug-likeness (QED) is 0.467. The number of rotatable bonds is 8. The van der Waals surface area contributed by atoms with E-state index < -0.39 is 43.5 Å². The molecular weight excluding hydrogens is 508 g/mol. The monoisotopic (exact) mass is 535 g/mol. The Hall–Kier alpha value is -2.94. The minimum Gasteiger partial charge on any atom is -0.446 e. The van der Waals surface area contributed by atoms with E-state index in [2.05, 4.69) is 20.8 Å². The van der Waals surface area contributed by atoms with E-state index in [-0.39, 0.29) is 33.3 Å². The molecule has 3 rings (SSSR count). The number of alkyl carbamates (subject to hydrolysis) is 1. The molecule has 1 fully saturated rings. The average molecular weight is 536 g/mol. The maximum Gasteiger partial charge on any atom is 0.407 e. The SMILES string of the molecule is CC(C)NC(=O)O[C@@H]1CC[C@H](c2cc(Nc3ccc(N(S(C)(=O)=O)S(C)(=O)=O)c(F)c3F)n[nH]2)C1. The molecule has 1 aromatic carbocycles. The molecule has 2 atom stereocenters. The minimum atomic E-state index is -4.45. The van der Waals surface area contributed by atoms with Crippen molar-refractivity contribution in [1.82, 2.24) is 15.5 Å². The number of H-pyrrole nitrogens is 1. The number of amides is 1. The van der Waals surface area contributed by atoms with Gasteiger partial charge in [0, 0.05) is 23.7 Å². The molecule has 3 N–H and O–H groups in total. The number of benzene rings is 1. The number of hydrogen-bond acceptors (Lipinski definition) is 8. The second-order valence-corrected chi connectivity index (χ2v) is 12.5. The smallest absolute Gasteiger partial charge is 0.407 e. The molecule has 11 nitrogen and oxygen atoms in total. The van der Waals surface area contributed by atoms with Gasteiger partial charge in [-0.05, 0) is 45.2 Å². The fourth-order valence-corrected chi connectivity index (χ4v) is 6.84. The first kappa shape index (κ1) is 26.7. The van der Waals surface area contributed by atoms with Gasteiger partial charge < -0.3 is 15.4 Å². The highest BCUT2D eigenvalue weighted by Crippen LogP contribution is 2.37. The van der Waals surface area contributed by atoms with E-state index in [0.29, 0.717) is 31.0 Å². The third-order valence-corrected chi connectivity index (χ3v) is 8.45. The lowest BCUT2D eigenvalue weighted by atomic mass is 10.0. The van der Waals surface area contributed by atoms with Gasteiger partial charge in [-0.3, -0.25) is 5.10 Å². The van der Waals surface area contributed by atoms with E-state index >= 15 is 0 Å². The Morgan fingerprint density at radius 2 is 1.80 bits per heavy atom. The molecule has 0 saturated heterocycles. The molecule has 0 radical (unpaired) electrons. The summed E-state index contributed by atoms with van der Waals surface area (Å²) in [6, 6.07) is 3.42. The van der Waals surface area contributed by atoms with Gasteiger partial charge in [0.15, 0.2) is 17.5 Å². The number of halogens is 2. The summed E-state index contributed by atoms with van der Waals surface area (Å²) in [4.78, 5) is 11.8. The number of hydrogen-bond donors (Lipinski definition) is 3. The Labute approximate surface area is 202 Å². The first-order chi connectivity index (χ1) is 16.2. The molecule has 0 aliphatic heterocycles. The number of carbonyl (C=O) groups excluding carboxylic acids is 1. The lowest BCUT2D eigenvalue weighted by molar-refractivity contribution is 0.0981. The van der Waals surface area contributed by atoms with E-state index in [1.165, 1.54) is 0 Å². The molecule has 35 heavy (non-hydrogen) atoms. The standard InChI is InChI=1S/C20H27F2N5O6S2/c1-11(2)23-20(28)33-13-6-5-12(9-13)15-10-17(26-25-15)24-14-7-8-16(19(22)18(14)21)27(34(3,29)30)35(4,31)32/h7-8,10-13H,5-6,9H2,1-4H3,(H,23,28)(H2,24,25,26)/t12-,13+/m0/s1. The van der Waals surface area contributed by atoms with Crippen molar-refractivity contribution < 1.29 is 35.1 Å². The van der Waals surface area contributed by atoms with E-state index in [0.717, 1.165) is 18.6 Å². The molecule has 0 bridgehead atoms. The summed E-state index contributed by atoms with van der Waals surface area (Å²) >= 11 is 0. The minimum absolute atomic E-state index is 0.0111. The predicted octanol–water partition coefficient (Wildman–Crippen LogP) is 2.93. The van der Waals surface area contributed by atoms with Crippen molar-refractivity contribution in [1.29, 1.82) is 0 Å². The van der Waals surface area contributed by atoms with Crippen LogP contribution in [0.1, 0.15) is 44.7 Å². The van der Waals surface area contributed by atoms with E-state index in [1.807, 2.05) is 13.8 Å². The van der Waals surface area contributed by atoms with Crippen molar-refractivity contribution in [2.45, 2.75) is 51.2 Å². The number of sulfonamides is 2. The molecule has 15 heteroatoms. The van der Waals surface area contributed by atoms with Crippen molar-refractivity contribution in [2.24, 2.45) is 0 Å². The molecule has 2 aromatic rings. The number of ether oxygens (including phenoxy) is 1. The van der Waals surface area contributed by atoms with Crippen LogP contribution in [0.2, 0.25) is 0 Å². The molecule has 1 saturated carbocycles. The van der Waals surface area contributed by atoms with Gasteiger partial charge >= 0.3 is 6.09 Å². The normalized spacial score (nSPS) is 18.5. The van der Waals surface area contributed by atoms with Crippen molar-refractivity contribution >= 4 is 43.3 Å². The average Bonchev–Trinajstić information content (AvgIpc) is 3.34. The van der Waals surface area contributed by atoms with Gasteiger partial charge in [0.25, 0.3) is 0 Å². The summed E-state index contributed by atoms with van der Waals surface area (Å²) < 4.78 is 82.1. The molecule has 0 spiro atoms. The second-order valence-electron chi connectivity index (χ2n) is 8.65. The van der Waals surface area contributed by atoms with Crippen LogP contribution < -0.4 is 14.3 Å². The highest BCUT2D eigenvalue weighted by Gasteiger charge is 2.32. The molecule has 1 heterocycles. The van der Waals surface area contributed by atoms with Crippen molar-refractivity contribution in [3.8, 4) is 0 Å². The number of anilines is 3. The lowest BCUT2D eigenvalue weighted by Crippen LogP contribution is -2.36.